The van der Waals surface area contributed by atoms with Crippen molar-refractivity contribution in [2.45, 2.75) is 85.6 Å². The lowest BCUT2D eigenvalue weighted by Crippen LogP contribution is -2.46. The molecule has 0 aromatic heterocycles. The van der Waals surface area contributed by atoms with Crippen LogP contribution in [0.2, 0.25) is 5.02 Å². The highest BCUT2D eigenvalue weighted by molar-refractivity contribution is 6.33. The SMILES string of the molecule is CO[C@H]1/C=C/O[C@@]2(C)Oc3c(C)c(O)c4c(O)c(c(N=Cc5c(F)cccc5Cl)c(O)c4c3C2=O)NC(=O)/C(C)=C\C=C\[C@@H](C)[C@H](O)[C@@H](C)[C@@H](O)[C@@H](C)[C@H](OC(C)=O)[C@@H]1C. The monoisotopic (exact) mass is 852 g/mol. The van der Waals surface area contributed by atoms with Gasteiger partial charge in [-0.1, -0.05) is 63.6 Å². The molecule has 3 aromatic carbocycles. The van der Waals surface area contributed by atoms with Crippen molar-refractivity contribution in [3.63, 3.8) is 0 Å². The highest BCUT2D eigenvalue weighted by atomic mass is 35.5. The second-order valence-corrected chi connectivity index (χ2v) is 15.9. The quantitative estimate of drug-likeness (QED) is 0.0661. The number of aliphatic hydroxyl groups excluding tert-OH is 2. The van der Waals surface area contributed by atoms with Crippen LogP contribution in [0.3, 0.4) is 0 Å². The predicted octanol–water partition coefficient (Wildman–Crippen LogP) is 7.30. The Kier molecular flexibility index (Phi) is 13.7. The lowest BCUT2D eigenvalue weighted by molar-refractivity contribution is -0.160. The normalized spacial score (nSPS) is 29.8. The molecular weight excluding hydrogens is 803 g/mol. The smallest absolute Gasteiger partial charge is 0.312 e. The minimum absolute atomic E-state index is 0.0269. The third kappa shape index (κ3) is 8.57. The highest BCUT2D eigenvalue weighted by Crippen LogP contribution is 2.57. The van der Waals surface area contributed by atoms with E-state index in [-0.39, 0.29) is 33.0 Å². The van der Waals surface area contributed by atoms with Gasteiger partial charge >= 0.3 is 11.8 Å². The van der Waals surface area contributed by atoms with Gasteiger partial charge in [-0.15, -0.1) is 0 Å². The van der Waals surface area contributed by atoms with E-state index in [1.165, 1.54) is 65.2 Å². The number of phenols is 3. The van der Waals surface area contributed by atoms with E-state index in [1.54, 1.807) is 33.8 Å². The summed E-state index contributed by atoms with van der Waals surface area (Å²) < 4.78 is 38.3. The summed E-state index contributed by atoms with van der Waals surface area (Å²) in [6.07, 6.45) is 4.07. The molecule has 60 heavy (non-hydrogen) atoms. The standard InChI is InChI=1S/C44H50ClFN2O12/c1-19-12-10-13-20(2)43(56)48-34-33(47-18-26-27(45)14-11-15-28(26)46)38(53)30-31(39(34)54)37(52)24(6)41-32(30)42(55)44(8,60-41)58-17-16-29(57-9)21(3)40(59-25(7)49)23(5)36(51)22(4)35(19)50/h10-19,21-23,29,35-36,40,50-54H,1-9H3,(H,48,56)/b12-10+,17-16+,20-13-,47-18?/t19-,21-,22-,23-,29+,35+,36-,40-,44+/m1/s1. The van der Waals surface area contributed by atoms with Crippen LogP contribution in [0.15, 0.2) is 59.3 Å². The zero-order valence-electron chi connectivity index (χ0n) is 34.6. The molecule has 0 aliphatic carbocycles. The number of ketones is 1. The van der Waals surface area contributed by atoms with Crippen molar-refractivity contribution >= 4 is 57.6 Å². The van der Waals surface area contributed by atoms with E-state index in [4.69, 9.17) is 30.5 Å². The molecule has 3 aliphatic heterocycles. The summed E-state index contributed by atoms with van der Waals surface area (Å²) in [5.74, 6) is -10.2. The number of hydrogen-bond acceptors (Lipinski definition) is 13. The summed E-state index contributed by atoms with van der Waals surface area (Å²) in [6, 6.07) is 3.89. The van der Waals surface area contributed by atoms with Crippen molar-refractivity contribution in [3.05, 3.63) is 81.9 Å². The number of esters is 1. The van der Waals surface area contributed by atoms with Crippen LogP contribution in [0.4, 0.5) is 15.8 Å². The molecule has 14 nitrogen and oxygen atoms in total. The lowest BCUT2D eigenvalue weighted by atomic mass is 9.78. The maximum atomic E-state index is 14.9. The largest absolute Gasteiger partial charge is 0.507 e. The fraction of sp³-hybridized carbons (Fsp3) is 0.409. The molecule has 16 heteroatoms. The number of amides is 1. The number of allylic oxidation sites excluding steroid dienone is 2. The van der Waals surface area contributed by atoms with E-state index in [0.29, 0.717) is 0 Å². The molecule has 0 unspecified atom stereocenters. The summed E-state index contributed by atoms with van der Waals surface area (Å²) in [5, 5.41) is 59.8. The van der Waals surface area contributed by atoms with Crippen LogP contribution in [0.5, 0.6) is 23.0 Å². The number of halogens is 2. The fourth-order valence-electron chi connectivity index (χ4n) is 7.60. The first-order valence-electron chi connectivity index (χ1n) is 19.2. The van der Waals surface area contributed by atoms with Crippen LogP contribution >= 0.6 is 11.6 Å². The maximum Gasteiger partial charge on any atom is 0.312 e. The van der Waals surface area contributed by atoms with Crippen LogP contribution < -0.4 is 10.1 Å². The van der Waals surface area contributed by atoms with Crippen molar-refractivity contribution in [2.24, 2.45) is 28.7 Å². The molecule has 6 rings (SSSR count). The number of aliphatic imine (C=N–C) groups is 1. The number of hydrogen-bond donors (Lipinski definition) is 6. The van der Waals surface area contributed by atoms with Gasteiger partial charge in [-0.3, -0.25) is 14.4 Å². The maximum absolute atomic E-state index is 14.9. The van der Waals surface area contributed by atoms with Gasteiger partial charge in [-0.2, -0.15) is 0 Å². The van der Waals surface area contributed by atoms with Gasteiger partial charge in [0, 0.05) is 72.9 Å². The molecule has 0 spiro atoms. The Bertz CT molecular complexity index is 2310. The molecule has 3 aromatic rings. The zero-order chi connectivity index (χ0) is 44.5. The molecule has 0 radical (unpaired) electrons. The van der Waals surface area contributed by atoms with Crippen LogP contribution in [0.1, 0.15) is 70.0 Å². The molecular formula is C44H50ClFN2O12. The number of nitrogens with one attached hydrogen (secondary N) is 1. The van der Waals surface area contributed by atoms with Gasteiger partial charge in [-0.25, -0.2) is 9.38 Å². The number of ether oxygens (including phenoxy) is 4. The molecule has 6 N–H and O–H groups in total. The molecule has 1 amide bonds. The number of rotatable bonds is 4. The number of anilines is 1. The molecule has 322 valence electrons. The summed E-state index contributed by atoms with van der Waals surface area (Å²) in [7, 11) is 1.40. The van der Waals surface area contributed by atoms with Gasteiger partial charge in [0.15, 0.2) is 11.5 Å². The van der Waals surface area contributed by atoms with Gasteiger partial charge in [0.1, 0.15) is 34.8 Å². The van der Waals surface area contributed by atoms with Crippen LogP contribution in [-0.2, 0) is 23.8 Å². The van der Waals surface area contributed by atoms with E-state index in [0.717, 1.165) is 18.5 Å². The number of phenolic OH excluding ortho intramolecular Hbond substituents is 3. The van der Waals surface area contributed by atoms with Crippen LogP contribution in [0, 0.1) is 36.4 Å². The molecule has 3 aliphatic rings. The Morgan fingerprint density at radius 3 is 2.30 bits per heavy atom. The van der Waals surface area contributed by atoms with Crippen molar-refractivity contribution < 1.29 is 63.3 Å². The van der Waals surface area contributed by atoms with Gasteiger partial charge < -0.3 is 49.8 Å². The zero-order valence-corrected chi connectivity index (χ0v) is 35.4. The molecule has 0 saturated heterocycles. The Morgan fingerprint density at radius 2 is 1.67 bits per heavy atom. The predicted molar refractivity (Wildman–Crippen MR) is 222 cm³/mol. The summed E-state index contributed by atoms with van der Waals surface area (Å²) in [6.45, 7) is 12.2. The average molecular weight is 853 g/mol. The van der Waals surface area contributed by atoms with E-state index in [2.05, 4.69) is 10.3 Å². The van der Waals surface area contributed by atoms with Crippen molar-refractivity contribution in [2.75, 3.05) is 12.4 Å². The third-order valence-electron chi connectivity index (χ3n) is 11.3. The van der Waals surface area contributed by atoms with Crippen LogP contribution in [-0.4, -0.2) is 86.7 Å². The van der Waals surface area contributed by atoms with E-state index in [1.807, 2.05) is 0 Å². The van der Waals surface area contributed by atoms with E-state index >= 15 is 0 Å². The number of nitrogens with zero attached hydrogens (tertiary/aromatic N) is 1. The molecule has 0 fully saturated rings. The first-order valence-corrected chi connectivity index (χ1v) is 19.6. The first-order chi connectivity index (χ1) is 28.2. The highest BCUT2D eigenvalue weighted by Gasteiger charge is 2.50. The number of aliphatic hydroxyl groups is 2. The number of benzene rings is 3. The number of carbonyl (C=O) groups excluding carboxylic acids is 3. The second-order valence-electron chi connectivity index (χ2n) is 15.4. The summed E-state index contributed by atoms with van der Waals surface area (Å²) in [4.78, 5) is 44.7. The van der Waals surface area contributed by atoms with Gasteiger partial charge in [-0.05, 0) is 32.1 Å². The lowest BCUT2D eigenvalue weighted by Gasteiger charge is -2.38. The average Bonchev–Trinajstić information content (AvgIpc) is 3.46. The molecule has 0 saturated carbocycles. The van der Waals surface area contributed by atoms with Gasteiger partial charge in [0.2, 0.25) is 0 Å². The number of carbonyl (C=O) groups is 3. The number of fused-ring (bicyclic) bond motifs is 14. The van der Waals surface area contributed by atoms with E-state index < -0.39 is 117 Å². The van der Waals surface area contributed by atoms with Gasteiger partial charge in [0.05, 0.1) is 40.5 Å². The van der Waals surface area contributed by atoms with Gasteiger partial charge in [0.25, 0.3) is 11.7 Å². The molecule has 3 heterocycles. The van der Waals surface area contributed by atoms with Crippen LogP contribution in [0.25, 0.3) is 10.8 Å². The summed E-state index contributed by atoms with van der Waals surface area (Å²) in [5.41, 5.74) is -1.50. The number of Topliss-reactive ketones (excluding diaryl/α,β-unsaturated/α-hetero) is 1. The Hall–Kier alpha value is -5.48. The van der Waals surface area contributed by atoms with E-state index in [9.17, 15) is 44.3 Å². The minimum Gasteiger partial charge on any atom is -0.507 e. The van der Waals surface area contributed by atoms with Crippen molar-refractivity contribution in [3.8, 4) is 23.0 Å². The Labute approximate surface area is 351 Å². The number of aromatic hydroxyl groups is 3. The third-order valence-corrected chi connectivity index (χ3v) is 11.6. The van der Waals surface area contributed by atoms with Crippen molar-refractivity contribution in [1.82, 2.24) is 0 Å². The van der Waals surface area contributed by atoms with Crippen molar-refractivity contribution in [1.29, 1.82) is 0 Å². The minimum atomic E-state index is -2.13. The topological polar surface area (TPSA) is 214 Å². The fourth-order valence-corrected chi connectivity index (χ4v) is 7.81. The molecule has 5 bridgehead atoms. The first kappa shape index (κ1) is 45.6. The Morgan fingerprint density at radius 1 is 0.983 bits per heavy atom. The summed E-state index contributed by atoms with van der Waals surface area (Å²) >= 11 is 6.24. The Balaban J connectivity index is 1.75. The molecule has 9 atom stereocenters. The number of methoxy groups -OCH3 is 1. The second kappa shape index (κ2) is 18.0.